The van der Waals surface area contributed by atoms with Crippen LogP contribution in [0.15, 0.2) is 158 Å². The lowest BCUT2D eigenvalue weighted by molar-refractivity contribution is 0.472. The summed E-state index contributed by atoms with van der Waals surface area (Å²) >= 11 is 0. The third kappa shape index (κ3) is 6.54. The number of anilines is 3. The average molecular weight is 707 g/mol. The first kappa shape index (κ1) is 33.9. The summed E-state index contributed by atoms with van der Waals surface area (Å²) in [5, 5.41) is 13.0. The number of phenolic OH excluding ortho intramolecular Hbond substituents is 1. The second kappa shape index (κ2) is 13.7. The second-order valence-corrected chi connectivity index (χ2v) is 19.8. The lowest BCUT2D eigenvalue weighted by Gasteiger charge is -2.26. The Labute approximate surface area is 312 Å². The van der Waals surface area contributed by atoms with Crippen molar-refractivity contribution in [2.45, 2.75) is 26.6 Å². The highest BCUT2D eigenvalue weighted by Crippen LogP contribution is 2.43. The van der Waals surface area contributed by atoms with Gasteiger partial charge >= 0.3 is 0 Å². The first-order chi connectivity index (χ1) is 25.7. The van der Waals surface area contributed by atoms with Crippen molar-refractivity contribution in [1.82, 2.24) is 14.5 Å². The van der Waals surface area contributed by atoms with Gasteiger partial charge in [0, 0.05) is 41.4 Å². The number of hydrogen-bond donors (Lipinski definition) is 1. The van der Waals surface area contributed by atoms with E-state index < -0.39 is 8.07 Å². The zero-order chi connectivity index (χ0) is 36.7. The van der Waals surface area contributed by atoms with E-state index in [1.54, 1.807) is 0 Å². The van der Waals surface area contributed by atoms with E-state index in [1.807, 2.05) is 68.6 Å². The lowest BCUT2D eigenvalue weighted by atomic mass is 9.94. The van der Waals surface area contributed by atoms with Crippen molar-refractivity contribution in [3.8, 4) is 50.6 Å². The molecule has 0 bridgehead atoms. The molecule has 0 radical (unpaired) electrons. The Morgan fingerprint density at radius 2 is 1.21 bits per heavy atom. The van der Waals surface area contributed by atoms with Crippen molar-refractivity contribution >= 4 is 41.4 Å². The molecule has 0 fully saturated rings. The number of benzene rings is 6. The predicted octanol–water partition coefficient (Wildman–Crippen LogP) is 11.7. The van der Waals surface area contributed by atoms with Crippen LogP contribution in [0.25, 0.3) is 55.9 Å². The van der Waals surface area contributed by atoms with E-state index >= 15 is 0 Å². The van der Waals surface area contributed by atoms with Gasteiger partial charge in [-0.3, -0.25) is 4.98 Å². The van der Waals surface area contributed by atoms with Crippen LogP contribution < -0.4 is 10.1 Å². The van der Waals surface area contributed by atoms with Crippen LogP contribution in [0.1, 0.15) is 5.56 Å². The van der Waals surface area contributed by atoms with E-state index in [4.69, 9.17) is 9.97 Å². The smallest absolute Gasteiger partial charge is 0.144 e. The van der Waals surface area contributed by atoms with Gasteiger partial charge < -0.3 is 14.6 Å². The van der Waals surface area contributed by atoms with E-state index in [2.05, 4.69) is 132 Å². The van der Waals surface area contributed by atoms with E-state index in [-0.39, 0.29) is 5.75 Å². The highest BCUT2D eigenvalue weighted by molar-refractivity contribution is 6.88. The van der Waals surface area contributed by atoms with Crippen LogP contribution >= 0.6 is 0 Å². The molecule has 8 aromatic rings. The molecule has 53 heavy (non-hydrogen) atoms. The molecule has 260 valence electrons. The Morgan fingerprint density at radius 1 is 0.585 bits per heavy atom. The van der Waals surface area contributed by atoms with Gasteiger partial charge in [0.25, 0.3) is 0 Å². The van der Waals surface area contributed by atoms with Gasteiger partial charge in [0.2, 0.25) is 0 Å². The molecule has 0 saturated carbocycles. The van der Waals surface area contributed by atoms with E-state index in [9.17, 15) is 5.11 Å². The van der Waals surface area contributed by atoms with Crippen molar-refractivity contribution in [2.75, 3.05) is 4.90 Å². The molecule has 0 aliphatic carbocycles. The SMILES string of the molecule is Cc1cc(N(c2ccccc2)c2ccccc2)cc(-c2nc3c(-c4cc(-c5ccccc5)cc(-c5ccc([Si](C)(C)C)cn5)c4)cccc3n2C)c1O. The average Bonchev–Trinajstić information content (AvgIpc) is 3.52. The summed E-state index contributed by atoms with van der Waals surface area (Å²) in [7, 11) is 0.534. The van der Waals surface area contributed by atoms with Crippen LogP contribution in [0.3, 0.4) is 0 Å². The monoisotopic (exact) mass is 706 g/mol. The van der Waals surface area contributed by atoms with Crippen molar-refractivity contribution in [3.05, 3.63) is 163 Å². The minimum atomic E-state index is -1.49. The normalized spacial score (nSPS) is 11.6. The Hall–Kier alpha value is -6.24. The number of aromatic nitrogens is 3. The van der Waals surface area contributed by atoms with Gasteiger partial charge in [0.05, 0.1) is 30.4 Å². The summed E-state index contributed by atoms with van der Waals surface area (Å²) < 4.78 is 2.09. The summed E-state index contributed by atoms with van der Waals surface area (Å²) in [4.78, 5) is 12.5. The van der Waals surface area contributed by atoms with E-state index in [1.165, 1.54) is 5.19 Å². The summed E-state index contributed by atoms with van der Waals surface area (Å²) in [6, 6.07) is 52.7. The maximum Gasteiger partial charge on any atom is 0.144 e. The minimum absolute atomic E-state index is 0.218. The van der Waals surface area contributed by atoms with E-state index in [0.717, 1.165) is 67.2 Å². The van der Waals surface area contributed by atoms with Gasteiger partial charge in [-0.1, -0.05) is 105 Å². The number of phenols is 1. The predicted molar refractivity (Wildman–Crippen MR) is 224 cm³/mol. The molecule has 6 heteroatoms. The maximum absolute atomic E-state index is 11.7. The molecule has 0 unspecified atom stereocenters. The van der Waals surface area contributed by atoms with Gasteiger partial charge in [-0.05, 0) is 101 Å². The van der Waals surface area contributed by atoms with Crippen molar-refractivity contribution in [3.63, 3.8) is 0 Å². The zero-order valence-corrected chi connectivity index (χ0v) is 31.7. The van der Waals surface area contributed by atoms with Gasteiger partial charge in [-0.2, -0.15) is 0 Å². The molecular weight excluding hydrogens is 665 g/mol. The number of fused-ring (bicyclic) bond motifs is 1. The number of nitrogens with zero attached hydrogens (tertiary/aromatic N) is 4. The van der Waals surface area contributed by atoms with Crippen molar-refractivity contribution in [1.29, 1.82) is 0 Å². The number of aromatic hydroxyl groups is 1. The first-order valence-corrected chi connectivity index (χ1v) is 21.5. The highest BCUT2D eigenvalue weighted by Gasteiger charge is 2.22. The number of para-hydroxylation sites is 3. The molecule has 0 atom stereocenters. The maximum atomic E-state index is 11.7. The Morgan fingerprint density at radius 3 is 1.83 bits per heavy atom. The molecule has 0 aliphatic heterocycles. The first-order valence-electron chi connectivity index (χ1n) is 18.0. The second-order valence-electron chi connectivity index (χ2n) is 14.7. The molecule has 0 spiro atoms. The van der Waals surface area contributed by atoms with Crippen LogP contribution in [0.2, 0.25) is 19.6 Å². The van der Waals surface area contributed by atoms with E-state index in [0.29, 0.717) is 11.4 Å². The van der Waals surface area contributed by atoms with Gasteiger partial charge in [0.1, 0.15) is 11.6 Å². The number of hydrogen-bond acceptors (Lipinski definition) is 4. The standard InChI is InChI=1S/C47H42N4OSi/c1-32-26-39(51(37-18-11-7-12-19-37)38-20-13-8-14-21-38)30-42(46(32)52)47-49-45-41(22-15-23-44(45)50(47)2)35-27-34(33-16-9-6-10-17-33)28-36(29-35)43-25-24-40(31-48-43)53(3,4)5/h6-31,52H,1-5H3. The van der Waals surface area contributed by atoms with Crippen molar-refractivity contribution < 1.29 is 5.11 Å². The van der Waals surface area contributed by atoms with Gasteiger partial charge in [-0.25, -0.2) is 4.98 Å². The molecule has 2 aromatic heterocycles. The fourth-order valence-electron chi connectivity index (χ4n) is 7.09. The fourth-order valence-corrected chi connectivity index (χ4v) is 8.12. The van der Waals surface area contributed by atoms with Crippen LogP contribution in [0, 0.1) is 6.92 Å². The number of imidazole rings is 1. The number of pyridine rings is 1. The lowest BCUT2D eigenvalue weighted by Crippen LogP contribution is -2.37. The van der Waals surface area contributed by atoms with Gasteiger partial charge in [0.15, 0.2) is 0 Å². The third-order valence-corrected chi connectivity index (χ3v) is 12.0. The Bertz CT molecular complexity index is 2520. The number of aryl methyl sites for hydroxylation is 2. The number of rotatable bonds is 8. The third-order valence-electron chi connectivity index (χ3n) is 10.0. The van der Waals surface area contributed by atoms with Crippen LogP contribution in [0.5, 0.6) is 5.75 Å². The zero-order valence-electron chi connectivity index (χ0n) is 30.7. The quantitative estimate of drug-likeness (QED) is 0.160. The molecule has 6 aromatic carbocycles. The van der Waals surface area contributed by atoms with Crippen LogP contribution in [-0.4, -0.2) is 27.7 Å². The fraction of sp³-hybridized carbons (Fsp3) is 0.106. The van der Waals surface area contributed by atoms with Gasteiger partial charge in [-0.15, -0.1) is 0 Å². The molecule has 0 amide bonds. The summed E-state index contributed by atoms with van der Waals surface area (Å²) in [6.07, 6.45) is 2.06. The molecule has 5 nitrogen and oxygen atoms in total. The summed E-state index contributed by atoms with van der Waals surface area (Å²) in [6.45, 7) is 8.99. The molecule has 8 rings (SSSR count). The molecule has 0 aliphatic rings. The van der Waals surface area contributed by atoms with Crippen LogP contribution in [0.4, 0.5) is 17.1 Å². The summed E-state index contributed by atoms with van der Waals surface area (Å²) in [5.41, 5.74) is 12.6. The molecule has 2 heterocycles. The topological polar surface area (TPSA) is 54.2 Å². The largest absolute Gasteiger partial charge is 0.507 e. The highest BCUT2D eigenvalue weighted by atomic mass is 28.3. The molecule has 0 saturated heterocycles. The van der Waals surface area contributed by atoms with Crippen molar-refractivity contribution in [2.24, 2.45) is 7.05 Å². The summed E-state index contributed by atoms with van der Waals surface area (Å²) in [5.74, 6) is 0.912. The molecule has 1 N–H and O–H groups in total. The van der Waals surface area contributed by atoms with Crippen LogP contribution in [-0.2, 0) is 7.05 Å². The Balaban J connectivity index is 1.29. The molecular formula is C47H42N4OSi. The Kier molecular flexibility index (Phi) is 8.76. The minimum Gasteiger partial charge on any atom is -0.507 e.